The second-order valence-electron chi connectivity index (χ2n) is 8.38. The molecule has 180 valence electrons. The first-order chi connectivity index (χ1) is 16.3. The van der Waals surface area contributed by atoms with Crippen molar-refractivity contribution in [2.45, 2.75) is 57.4 Å². The highest BCUT2D eigenvalue weighted by Crippen LogP contribution is 2.35. The third-order valence-corrected chi connectivity index (χ3v) is 7.10. The van der Waals surface area contributed by atoms with E-state index in [1.165, 1.54) is 12.1 Å². The number of hydrogen-bond acceptors (Lipinski definition) is 7. The van der Waals surface area contributed by atoms with Gasteiger partial charge >= 0.3 is 5.97 Å². The van der Waals surface area contributed by atoms with E-state index < -0.39 is 36.7 Å². The van der Waals surface area contributed by atoms with E-state index >= 15 is 0 Å². The van der Waals surface area contributed by atoms with E-state index in [9.17, 15) is 24.5 Å². The topological polar surface area (TPSA) is 96.2 Å². The highest BCUT2D eigenvalue weighted by atomic mass is 32.1. The van der Waals surface area contributed by atoms with Crippen molar-refractivity contribution in [3.8, 4) is 10.4 Å². The zero-order chi connectivity index (χ0) is 24.4. The Hall–Kier alpha value is -2.62. The molecule has 0 bridgehead atoms. The second-order valence-corrected chi connectivity index (χ2v) is 9.54. The van der Waals surface area contributed by atoms with Gasteiger partial charge in [-0.2, -0.15) is 0 Å². The minimum atomic E-state index is -1.55. The maximum Gasteiger partial charge on any atom is 0.307 e. The van der Waals surface area contributed by atoms with Gasteiger partial charge in [-0.25, -0.2) is 4.39 Å². The molecule has 8 heteroatoms. The zero-order valence-corrected chi connectivity index (χ0v) is 19.7. The highest BCUT2D eigenvalue weighted by molar-refractivity contribution is 7.15. The molecule has 2 aromatic carbocycles. The van der Waals surface area contributed by atoms with Crippen LogP contribution >= 0.6 is 11.3 Å². The van der Waals surface area contributed by atoms with Gasteiger partial charge < -0.3 is 24.8 Å². The van der Waals surface area contributed by atoms with Crippen LogP contribution in [0.5, 0.6) is 0 Å². The summed E-state index contributed by atoms with van der Waals surface area (Å²) >= 11 is 1.61. The largest absolute Gasteiger partial charge is 0.433 e. The van der Waals surface area contributed by atoms with Crippen LogP contribution in [-0.4, -0.2) is 45.9 Å². The maximum atomic E-state index is 13.2. The summed E-state index contributed by atoms with van der Waals surface area (Å²) in [4.78, 5) is 13.8. The molecule has 4 rings (SSSR count). The fraction of sp³-hybridized carbons (Fsp3) is 0.346. The molecule has 2 heterocycles. The van der Waals surface area contributed by atoms with Crippen molar-refractivity contribution in [2.24, 2.45) is 0 Å². The molecule has 1 aliphatic rings. The summed E-state index contributed by atoms with van der Waals surface area (Å²) < 4.78 is 24.1. The number of benzene rings is 2. The van der Waals surface area contributed by atoms with Gasteiger partial charge in [0.25, 0.3) is 0 Å². The standard InChI is InChI=1S/C26H27FO6S/c1-3-21(28)32-26-24(31)22(29)23(30)25(33-26)16-5-4-14(2)17(12-16)13-19-10-11-20(34-19)15-6-8-18(27)9-7-15/h4-12,22-26,29-31H,3,13H2,1-2H3/t22-,23-,24+,25+,26-/m1/s1. The van der Waals surface area contributed by atoms with Gasteiger partial charge in [0.15, 0.2) is 0 Å². The summed E-state index contributed by atoms with van der Waals surface area (Å²) in [5, 5.41) is 31.1. The summed E-state index contributed by atoms with van der Waals surface area (Å²) in [6, 6.07) is 16.0. The predicted molar refractivity (Wildman–Crippen MR) is 126 cm³/mol. The van der Waals surface area contributed by atoms with Crippen molar-refractivity contribution in [3.63, 3.8) is 0 Å². The third-order valence-electron chi connectivity index (χ3n) is 5.96. The summed E-state index contributed by atoms with van der Waals surface area (Å²) in [5.74, 6) is -0.852. The Kier molecular flexibility index (Phi) is 7.45. The molecule has 1 aromatic heterocycles. The lowest BCUT2D eigenvalue weighted by atomic mass is 9.91. The van der Waals surface area contributed by atoms with E-state index in [4.69, 9.17) is 9.47 Å². The van der Waals surface area contributed by atoms with Gasteiger partial charge in [0, 0.05) is 22.6 Å². The number of aryl methyl sites for hydroxylation is 1. The molecule has 0 unspecified atom stereocenters. The van der Waals surface area contributed by atoms with Crippen LogP contribution in [0.25, 0.3) is 10.4 Å². The number of hydrogen-bond donors (Lipinski definition) is 3. The summed E-state index contributed by atoms with van der Waals surface area (Å²) in [6.07, 6.45) is -6.12. The average molecular weight is 487 g/mol. The number of carbonyl (C=O) groups excluding carboxylic acids is 1. The van der Waals surface area contributed by atoms with Crippen molar-refractivity contribution in [1.82, 2.24) is 0 Å². The monoisotopic (exact) mass is 486 g/mol. The predicted octanol–water partition coefficient (Wildman–Crippen LogP) is 3.89. The van der Waals surface area contributed by atoms with Crippen LogP contribution in [0.3, 0.4) is 0 Å². The summed E-state index contributed by atoms with van der Waals surface area (Å²) in [5.41, 5.74) is 3.60. The van der Waals surface area contributed by atoms with Crippen LogP contribution < -0.4 is 0 Å². The van der Waals surface area contributed by atoms with Crippen molar-refractivity contribution in [1.29, 1.82) is 0 Å². The van der Waals surface area contributed by atoms with Gasteiger partial charge in [0.05, 0.1) is 0 Å². The van der Waals surface area contributed by atoms with E-state index in [-0.39, 0.29) is 12.2 Å². The minimum absolute atomic E-state index is 0.0886. The molecule has 1 saturated heterocycles. The Morgan fingerprint density at radius 3 is 2.47 bits per heavy atom. The first-order valence-corrected chi connectivity index (χ1v) is 11.9. The quantitative estimate of drug-likeness (QED) is 0.458. The number of aliphatic hydroxyl groups excluding tert-OH is 3. The Morgan fingerprint density at radius 1 is 1.03 bits per heavy atom. The van der Waals surface area contributed by atoms with Crippen LogP contribution in [0.1, 0.15) is 41.0 Å². The van der Waals surface area contributed by atoms with Crippen LogP contribution in [0.2, 0.25) is 0 Å². The van der Waals surface area contributed by atoms with Crippen molar-refractivity contribution in [3.05, 3.63) is 82.0 Å². The number of esters is 1. The molecule has 0 amide bonds. The lowest BCUT2D eigenvalue weighted by Gasteiger charge is -2.40. The SMILES string of the molecule is CCC(=O)O[C@@H]1O[C@@H](c2ccc(C)c(Cc3ccc(-c4ccc(F)cc4)s3)c2)[C@H](O)[C@@H](O)[C@@H]1O. The first kappa shape index (κ1) is 24.5. The molecule has 6 nitrogen and oxygen atoms in total. The van der Waals surface area contributed by atoms with Crippen molar-refractivity contribution >= 4 is 17.3 Å². The molecule has 0 saturated carbocycles. The lowest BCUT2D eigenvalue weighted by Crippen LogP contribution is -2.55. The van der Waals surface area contributed by atoms with E-state index in [0.29, 0.717) is 12.0 Å². The van der Waals surface area contributed by atoms with Gasteiger partial charge in [0.2, 0.25) is 6.29 Å². The van der Waals surface area contributed by atoms with Crippen molar-refractivity contribution < 1.29 is 34.0 Å². The van der Waals surface area contributed by atoms with Crippen molar-refractivity contribution in [2.75, 3.05) is 0 Å². The van der Waals surface area contributed by atoms with Crippen LogP contribution in [0.4, 0.5) is 4.39 Å². The Labute approximate surface area is 201 Å². The van der Waals surface area contributed by atoms with Crippen LogP contribution in [0, 0.1) is 12.7 Å². The van der Waals surface area contributed by atoms with Gasteiger partial charge in [-0.15, -0.1) is 11.3 Å². The Balaban J connectivity index is 1.56. The Morgan fingerprint density at radius 2 is 1.76 bits per heavy atom. The fourth-order valence-corrected chi connectivity index (χ4v) is 4.96. The number of aliphatic hydroxyl groups is 3. The zero-order valence-electron chi connectivity index (χ0n) is 18.8. The molecule has 1 aliphatic heterocycles. The summed E-state index contributed by atoms with van der Waals surface area (Å²) in [6.45, 7) is 3.59. The number of carbonyl (C=O) groups is 1. The molecule has 0 radical (unpaired) electrons. The second kappa shape index (κ2) is 10.3. The molecule has 3 aromatic rings. The lowest BCUT2D eigenvalue weighted by molar-refractivity contribution is -0.290. The average Bonchev–Trinajstić information content (AvgIpc) is 3.29. The van der Waals surface area contributed by atoms with Crippen LogP contribution in [0.15, 0.2) is 54.6 Å². The van der Waals surface area contributed by atoms with E-state index in [0.717, 1.165) is 26.4 Å². The van der Waals surface area contributed by atoms with Gasteiger partial charge in [-0.3, -0.25) is 4.79 Å². The minimum Gasteiger partial charge on any atom is -0.433 e. The maximum absolute atomic E-state index is 13.2. The fourth-order valence-electron chi connectivity index (χ4n) is 3.92. The molecule has 5 atom stereocenters. The van der Waals surface area contributed by atoms with Crippen LogP contribution in [-0.2, 0) is 20.7 Å². The van der Waals surface area contributed by atoms with E-state index in [1.54, 1.807) is 36.5 Å². The van der Waals surface area contributed by atoms with Gasteiger partial charge in [-0.1, -0.05) is 37.3 Å². The number of halogens is 1. The molecule has 3 N–H and O–H groups in total. The third kappa shape index (κ3) is 5.21. The molecular formula is C26H27FO6S. The molecule has 0 spiro atoms. The highest BCUT2D eigenvalue weighted by Gasteiger charge is 2.46. The molecule has 1 fully saturated rings. The van der Waals surface area contributed by atoms with E-state index in [1.807, 2.05) is 31.2 Å². The number of ether oxygens (including phenoxy) is 2. The van der Waals surface area contributed by atoms with E-state index in [2.05, 4.69) is 0 Å². The smallest absolute Gasteiger partial charge is 0.307 e. The summed E-state index contributed by atoms with van der Waals surface area (Å²) in [7, 11) is 0. The normalized spacial score (nSPS) is 24.7. The Bertz CT molecular complexity index is 1140. The number of rotatable bonds is 6. The molecule has 0 aliphatic carbocycles. The first-order valence-electron chi connectivity index (χ1n) is 11.1. The molecular weight excluding hydrogens is 459 g/mol. The van der Waals surface area contributed by atoms with Gasteiger partial charge in [0.1, 0.15) is 30.2 Å². The number of thiophene rings is 1. The molecule has 34 heavy (non-hydrogen) atoms. The van der Waals surface area contributed by atoms with Gasteiger partial charge in [-0.05, 0) is 53.4 Å².